The predicted octanol–water partition coefficient (Wildman–Crippen LogP) is 5.84. The summed E-state index contributed by atoms with van der Waals surface area (Å²) in [6.07, 6.45) is 0. The van der Waals surface area contributed by atoms with Gasteiger partial charge in [0.25, 0.3) is 0 Å². The molecule has 0 aliphatic heterocycles. The van der Waals surface area contributed by atoms with Gasteiger partial charge in [-0.15, -0.1) is 0 Å². The third-order valence-corrected chi connectivity index (χ3v) is 4.67. The maximum atomic E-state index is 6.20. The Morgan fingerprint density at radius 2 is 1.78 bits per heavy atom. The molecule has 0 fully saturated rings. The van der Waals surface area contributed by atoms with Crippen molar-refractivity contribution >= 4 is 39.3 Å². The highest BCUT2D eigenvalue weighted by molar-refractivity contribution is 9.10. The fourth-order valence-corrected chi connectivity index (χ4v) is 3.62. The van der Waals surface area contributed by atoms with Gasteiger partial charge in [-0.2, -0.15) is 11.8 Å². The van der Waals surface area contributed by atoms with Crippen LogP contribution < -0.4 is 0 Å². The first-order valence-corrected chi connectivity index (χ1v) is 8.05. The van der Waals surface area contributed by atoms with Crippen molar-refractivity contribution in [1.29, 1.82) is 0 Å². The quantitative estimate of drug-likeness (QED) is 0.672. The van der Waals surface area contributed by atoms with Crippen molar-refractivity contribution in [2.24, 2.45) is 0 Å². The second-order valence-electron chi connectivity index (χ2n) is 4.16. The van der Waals surface area contributed by atoms with Crippen molar-refractivity contribution in [3.8, 4) is 0 Å². The van der Waals surface area contributed by atoms with Gasteiger partial charge in [0.15, 0.2) is 0 Å². The zero-order valence-corrected chi connectivity index (χ0v) is 13.3. The lowest BCUT2D eigenvalue weighted by Crippen LogP contribution is -1.87. The van der Waals surface area contributed by atoms with Gasteiger partial charge in [0.2, 0.25) is 0 Å². The van der Waals surface area contributed by atoms with Gasteiger partial charge in [-0.1, -0.05) is 57.9 Å². The van der Waals surface area contributed by atoms with Gasteiger partial charge in [0.05, 0.1) is 0 Å². The molecule has 0 heterocycles. The monoisotopic (exact) mass is 340 g/mol. The fourth-order valence-electron chi connectivity index (χ4n) is 1.68. The molecule has 0 aliphatic carbocycles. The molecule has 94 valence electrons. The molecule has 2 aromatic carbocycles. The van der Waals surface area contributed by atoms with E-state index in [1.807, 2.05) is 23.9 Å². The summed E-state index contributed by atoms with van der Waals surface area (Å²) in [5, 5.41) is 0.835. The summed E-state index contributed by atoms with van der Waals surface area (Å²) < 4.78 is 1.03. The maximum absolute atomic E-state index is 6.20. The Bertz CT molecular complexity index is 540. The molecule has 0 radical (unpaired) electrons. The topological polar surface area (TPSA) is 0 Å². The molecule has 0 saturated carbocycles. The number of rotatable bonds is 4. The van der Waals surface area contributed by atoms with Crippen LogP contribution >= 0.6 is 39.3 Å². The number of halogens is 2. The molecule has 0 bridgehead atoms. The minimum absolute atomic E-state index is 0.835. The number of thioether (sulfide) groups is 1. The zero-order chi connectivity index (χ0) is 13.0. The van der Waals surface area contributed by atoms with Crippen molar-refractivity contribution in [2.75, 3.05) is 0 Å². The first-order valence-electron chi connectivity index (χ1n) is 5.73. The van der Waals surface area contributed by atoms with Crippen LogP contribution in [0.4, 0.5) is 0 Å². The number of aryl methyl sites for hydroxylation is 1. The van der Waals surface area contributed by atoms with E-state index in [1.165, 1.54) is 16.7 Å². The molecule has 0 aromatic heterocycles. The lowest BCUT2D eigenvalue weighted by molar-refractivity contribution is 1.29. The summed E-state index contributed by atoms with van der Waals surface area (Å²) in [7, 11) is 0. The second-order valence-corrected chi connectivity index (χ2v) is 6.46. The molecular formula is C15H14BrClS. The van der Waals surface area contributed by atoms with E-state index in [9.17, 15) is 0 Å². The molecule has 0 atom stereocenters. The average molecular weight is 342 g/mol. The van der Waals surface area contributed by atoms with E-state index in [0.29, 0.717) is 0 Å². The van der Waals surface area contributed by atoms with Crippen molar-refractivity contribution in [3.05, 3.63) is 68.7 Å². The largest absolute Gasteiger partial charge is 0.152 e. The molecule has 2 rings (SSSR count). The standard InChI is InChI=1S/C15H14BrClS/c1-11-4-2-3-5-12(11)9-18-10-13-6-7-14(16)8-15(13)17/h2-8H,9-10H2,1H3. The van der Waals surface area contributed by atoms with Crippen molar-refractivity contribution in [2.45, 2.75) is 18.4 Å². The first-order chi connectivity index (χ1) is 8.66. The first kappa shape index (κ1) is 14.0. The Balaban J connectivity index is 1.95. The van der Waals surface area contributed by atoms with E-state index in [-0.39, 0.29) is 0 Å². The van der Waals surface area contributed by atoms with E-state index < -0.39 is 0 Å². The van der Waals surface area contributed by atoms with Gasteiger partial charge in [-0.05, 0) is 35.7 Å². The smallest absolute Gasteiger partial charge is 0.0457 e. The van der Waals surface area contributed by atoms with Crippen molar-refractivity contribution in [1.82, 2.24) is 0 Å². The Kier molecular flexibility index (Phi) is 5.16. The van der Waals surface area contributed by atoms with Gasteiger partial charge < -0.3 is 0 Å². The molecule has 3 heteroatoms. The highest BCUT2D eigenvalue weighted by Crippen LogP contribution is 2.26. The minimum Gasteiger partial charge on any atom is -0.152 e. The van der Waals surface area contributed by atoms with Crippen molar-refractivity contribution in [3.63, 3.8) is 0 Å². The molecule has 0 amide bonds. The second kappa shape index (κ2) is 6.65. The Hall–Kier alpha value is -0.440. The van der Waals surface area contributed by atoms with Crippen LogP contribution in [0.2, 0.25) is 5.02 Å². The molecule has 0 unspecified atom stereocenters. The lowest BCUT2D eigenvalue weighted by atomic mass is 10.1. The van der Waals surface area contributed by atoms with Crippen LogP contribution in [0, 0.1) is 6.92 Å². The molecule has 0 saturated heterocycles. The highest BCUT2D eigenvalue weighted by atomic mass is 79.9. The van der Waals surface area contributed by atoms with Crippen LogP contribution in [0.5, 0.6) is 0 Å². The number of hydrogen-bond donors (Lipinski definition) is 0. The van der Waals surface area contributed by atoms with Crippen molar-refractivity contribution < 1.29 is 0 Å². The van der Waals surface area contributed by atoms with Gasteiger partial charge in [-0.25, -0.2) is 0 Å². The summed E-state index contributed by atoms with van der Waals surface area (Å²) in [6, 6.07) is 14.6. The average Bonchev–Trinajstić information content (AvgIpc) is 2.34. The van der Waals surface area contributed by atoms with Gasteiger partial charge >= 0.3 is 0 Å². The normalized spacial score (nSPS) is 10.6. The summed E-state index contributed by atoms with van der Waals surface area (Å²) in [5.41, 5.74) is 3.95. The van der Waals surface area contributed by atoms with E-state index in [0.717, 1.165) is 21.0 Å². The van der Waals surface area contributed by atoms with E-state index in [2.05, 4.69) is 53.2 Å². The maximum Gasteiger partial charge on any atom is 0.0457 e. The molecule has 0 aliphatic rings. The van der Waals surface area contributed by atoms with E-state index in [4.69, 9.17) is 11.6 Å². The Morgan fingerprint density at radius 1 is 1.06 bits per heavy atom. The lowest BCUT2D eigenvalue weighted by Gasteiger charge is -2.07. The van der Waals surface area contributed by atoms with Crippen LogP contribution in [-0.2, 0) is 11.5 Å². The van der Waals surface area contributed by atoms with E-state index in [1.54, 1.807) is 0 Å². The molecular weight excluding hydrogens is 328 g/mol. The summed E-state index contributed by atoms with van der Waals surface area (Å²) in [4.78, 5) is 0. The van der Waals surface area contributed by atoms with Crippen LogP contribution in [-0.4, -0.2) is 0 Å². The van der Waals surface area contributed by atoms with E-state index >= 15 is 0 Å². The predicted molar refractivity (Wildman–Crippen MR) is 85.3 cm³/mol. The van der Waals surface area contributed by atoms with Crippen LogP contribution in [0.3, 0.4) is 0 Å². The molecule has 2 aromatic rings. The number of benzene rings is 2. The number of hydrogen-bond acceptors (Lipinski definition) is 1. The van der Waals surface area contributed by atoms with Gasteiger partial charge in [0, 0.05) is 21.0 Å². The SMILES string of the molecule is Cc1ccccc1CSCc1ccc(Br)cc1Cl. The summed E-state index contributed by atoms with van der Waals surface area (Å²) >= 11 is 11.5. The fraction of sp³-hybridized carbons (Fsp3) is 0.200. The summed E-state index contributed by atoms with van der Waals surface area (Å²) in [5.74, 6) is 1.97. The minimum atomic E-state index is 0.835. The van der Waals surface area contributed by atoms with Gasteiger partial charge in [-0.3, -0.25) is 0 Å². The van der Waals surface area contributed by atoms with Crippen LogP contribution in [0.15, 0.2) is 46.9 Å². The van der Waals surface area contributed by atoms with Gasteiger partial charge in [0.1, 0.15) is 0 Å². The third-order valence-electron chi connectivity index (χ3n) is 2.79. The van der Waals surface area contributed by atoms with Crippen LogP contribution in [0.1, 0.15) is 16.7 Å². The Morgan fingerprint density at radius 3 is 2.50 bits per heavy atom. The van der Waals surface area contributed by atoms with Crippen LogP contribution in [0.25, 0.3) is 0 Å². The molecule has 0 spiro atoms. The molecule has 0 N–H and O–H groups in total. The Labute approximate surface area is 126 Å². The summed E-state index contributed by atoms with van der Waals surface area (Å²) in [6.45, 7) is 2.16. The zero-order valence-electron chi connectivity index (χ0n) is 10.1. The highest BCUT2D eigenvalue weighted by Gasteiger charge is 2.02. The molecule has 18 heavy (non-hydrogen) atoms. The third kappa shape index (κ3) is 3.78. The molecule has 0 nitrogen and oxygen atoms in total.